The number of halogens is 3. The van der Waals surface area contributed by atoms with Gasteiger partial charge >= 0.3 is 6.18 Å². The summed E-state index contributed by atoms with van der Waals surface area (Å²) in [6.07, 6.45) is -3.01. The first kappa shape index (κ1) is 20.8. The SMILES string of the molecule is Cc1cc(C(=O)Nc2cccc([C@H](C)Sc3nncn3C)c2)nc(C(F)(F)F)c1. The lowest BCUT2D eigenvalue weighted by Crippen LogP contribution is -2.17. The zero-order valence-electron chi connectivity index (χ0n) is 15.9. The Hall–Kier alpha value is -2.88. The second-order valence-electron chi connectivity index (χ2n) is 6.48. The standard InChI is InChI=1S/C19H18F3N5OS/c1-11-7-15(25-16(8-11)19(20,21)22)17(28)24-14-6-4-5-13(9-14)12(2)29-18-26-23-10-27(18)3/h4-10,12H,1-3H3,(H,24,28)/t12-/m0/s1. The maximum absolute atomic E-state index is 13.0. The Morgan fingerprint density at radius 2 is 2.00 bits per heavy atom. The van der Waals surface area contributed by atoms with E-state index in [1.165, 1.54) is 24.8 Å². The van der Waals surface area contributed by atoms with Crippen LogP contribution in [0.2, 0.25) is 0 Å². The number of thioether (sulfide) groups is 1. The van der Waals surface area contributed by atoms with Gasteiger partial charge in [0.05, 0.1) is 0 Å². The van der Waals surface area contributed by atoms with Crippen molar-refractivity contribution in [2.75, 3.05) is 5.32 Å². The molecule has 0 saturated carbocycles. The molecule has 0 radical (unpaired) electrons. The van der Waals surface area contributed by atoms with Crippen molar-refractivity contribution in [2.24, 2.45) is 7.05 Å². The van der Waals surface area contributed by atoms with Crippen LogP contribution in [0.15, 0.2) is 47.9 Å². The van der Waals surface area contributed by atoms with Crippen LogP contribution in [0.25, 0.3) is 0 Å². The Balaban J connectivity index is 1.77. The molecule has 2 heterocycles. The maximum atomic E-state index is 13.0. The second-order valence-corrected chi connectivity index (χ2v) is 7.78. The molecule has 0 aliphatic rings. The Kier molecular flexibility index (Phi) is 5.92. The number of hydrogen-bond donors (Lipinski definition) is 1. The molecule has 0 saturated heterocycles. The number of pyridine rings is 1. The van der Waals surface area contributed by atoms with E-state index in [1.807, 2.05) is 20.0 Å². The molecule has 0 fully saturated rings. The van der Waals surface area contributed by atoms with Gasteiger partial charge in [-0.3, -0.25) is 4.79 Å². The van der Waals surface area contributed by atoms with Gasteiger partial charge in [0.1, 0.15) is 17.7 Å². The molecule has 1 N–H and O–H groups in total. The lowest BCUT2D eigenvalue weighted by molar-refractivity contribution is -0.141. The summed E-state index contributed by atoms with van der Waals surface area (Å²) >= 11 is 1.50. The summed E-state index contributed by atoms with van der Waals surface area (Å²) in [6, 6.07) is 9.33. The van der Waals surface area contributed by atoms with Crippen LogP contribution in [0.1, 0.15) is 39.5 Å². The summed E-state index contributed by atoms with van der Waals surface area (Å²) in [6.45, 7) is 3.47. The summed E-state index contributed by atoms with van der Waals surface area (Å²) in [5, 5.41) is 11.3. The minimum Gasteiger partial charge on any atom is -0.321 e. The Bertz CT molecular complexity index is 1030. The number of nitrogens with zero attached hydrogens (tertiary/aromatic N) is 4. The molecule has 2 aromatic heterocycles. The molecule has 1 amide bonds. The van der Waals surface area contributed by atoms with Crippen LogP contribution < -0.4 is 5.32 Å². The summed E-state index contributed by atoms with van der Waals surface area (Å²) < 4.78 is 40.7. The van der Waals surface area contributed by atoms with E-state index in [1.54, 1.807) is 29.1 Å². The van der Waals surface area contributed by atoms with Crippen molar-refractivity contribution in [3.8, 4) is 0 Å². The van der Waals surface area contributed by atoms with Crippen LogP contribution >= 0.6 is 11.8 Å². The first-order valence-electron chi connectivity index (χ1n) is 8.61. The quantitative estimate of drug-likeness (QED) is 0.608. The number of nitrogens with one attached hydrogen (secondary N) is 1. The fourth-order valence-corrected chi connectivity index (χ4v) is 3.51. The van der Waals surface area contributed by atoms with Crippen molar-refractivity contribution in [3.05, 3.63) is 65.2 Å². The number of carbonyl (C=O) groups is 1. The van der Waals surface area contributed by atoms with Crippen LogP contribution in [0, 0.1) is 6.92 Å². The first-order chi connectivity index (χ1) is 13.6. The molecule has 3 aromatic rings. The largest absolute Gasteiger partial charge is 0.433 e. The van der Waals surface area contributed by atoms with Gasteiger partial charge < -0.3 is 9.88 Å². The van der Waals surface area contributed by atoms with Gasteiger partial charge in [0.2, 0.25) is 0 Å². The third-order valence-corrected chi connectivity index (χ3v) is 5.26. The molecule has 6 nitrogen and oxygen atoms in total. The van der Waals surface area contributed by atoms with E-state index in [2.05, 4.69) is 20.5 Å². The van der Waals surface area contributed by atoms with Gasteiger partial charge in [-0.25, -0.2) is 4.98 Å². The molecule has 10 heteroatoms. The lowest BCUT2D eigenvalue weighted by Gasteiger charge is -2.13. The summed E-state index contributed by atoms with van der Waals surface area (Å²) in [5.74, 6) is -0.704. The minimum absolute atomic E-state index is 0.0173. The van der Waals surface area contributed by atoms with E-state index >= 15 is 0 Å². The van der Waals surface area contributed by atoms with E-state index < -0.39 is 17.8 Å². The highest BCUT2D eigenvalue weighted by Crippen LogP contribution is 2.34. The monoisotopic (exact) mass is 421 g/mol. The lowest BCUT2D eigenvalue weighted by atomic mass is 10.1. The van der Waals surface area contributed by atoms with Gasteiger partial charge in [0.25, 0.3) is 5.91 Å². The van der Waals surface area contributed by atoms with Gasteiger partial charge in [0.15, 0.2) is 5.16 Å². The van der Waals surface area contributed by atoms with Crippen LogP contribution in [-0.4, -0.2) is 25.7 Å². The molecular formula is C19H18F3N5OS. The van der Waals surface area contributed by atoms with Crippen LogP contribution in [0.3, 0.4) is 0 Å². The molecule has 0 aliphatic carbocycles. The van der Waals surface area contributed by atoms with E-state index in [4.69, 9.17) is 0 Å². The molecule has 3 rings (SSSR count). The highest BCUT2D eigenvalue weighted by molar-refractivity contribution is 7.99. The van der Waals surface area contributed by atoms with E-state index in [-0.39, 0.29) is 10.9 Å². The van der Waals surface area contributed by atoms with Crippen molar-refractivity contribution in [2.45, 2.75) is 30.4 Å². The number of hydrogen-bond acceptors (Lipinski definition) is 5. The Labute approximate surface area is 169 Å². The maximum Gasteiger partial charge on any atom is 0.433 e. The van der Waals surface area contributed by atoms with Crippen molar-refractivity contribution in [3.63, 3.8) is 0 Å². The second kappa shape index (κ2) is 8.24. The van der Waals surface area contributed by atoms with Gasteiger partial charge in [-0.2, -0.15) is 13.2 Å². The van der Waals surface area contributed by atoms with Crippen molar-refractivity contribution in [1.82, 2.24) is 19.7 Å². The Morgan fingerprint density at radius 1 is 1.24 bits per heavy atom. The zero-order chi connectivity index (χ0) is 21.2. The van der Waals surface area contributed by atoms with Crippen molar-refractivity contribution in [1.29, 1.82) is 0 Å². The summed E-state index contributed by atoms with van der Waals surface area (Å²) in [5.41, 5.74) is 0.313. The number of alkyl halides is 3. The van der Waals surface area contributed by atoms with Crippen molar-refractivity contribution < 1.29 is 18.0 Å². The molecule has 0 spiro atoms. The van der Waals surface area contributed by atoms with E-state index in [9.17, 15) is 18.0 Å². The first-order valence-corrected chi connectivity index (χ1v) is 9.49. The molecule has 152 valence electrons. The van der Waals surface area contributed by atoms with E-state index in [0.717, 1.165) is 16.8 Å². The smallest absolute Gasteiger partial charge is 0.321 e. The third-order valence-electron chi connectivity index (χ3n) is 4.06. The van der Waals surface area contributed by atoms with Gasteiger partial charge in [0, 0.05) is 18.0 Å². The topological polar surface area (TPSA) is 72.7 Å². The molecule has 0 aliphatic heterocycles. The molecule has 1 aromatic carbocycles. The average molecular weight is 421 g/mol. The summed E-state index contributed by atoms with van der Waals surface area (Å²) in [4.78, 5) is 15.9. The number of aromatic nitrogens is 4. The highest BCUT2D eigenvalue weighted by atomic mass is 32.2. The molecule has 0 bridgehead atoms. The highest BCUT2D eigenvalue weighted by Gasteiger charge is 2.33. The van der Waals surface area contributed by atoms with Crippen molar-refractivity contribution >= 4 is 23.4 Å². The number of benzene rings is 1. The minimum atomic E-state index is -4.62. The van der Waals surface area contributed by atoms with Crippen LogP contribution in [-0.2, 0) is 13.2 Å². The fourth-order valence-electron chi connectivity index (χ4n) is 2.60. The summed E-state index contributed by atoms with van der Waals surface area (Å²) in [7, 11) is 1.84. The number of aryl methyl sites for hydroxylation is 2. The van der Waals surface area contributed by atoms with Crippen LogP contribution in [0.4, 0.5) is 18.9 Å². The predicted octanol–water partition coefficient (Wildman–Crippen LogP) is 4.64. The average Bonchev–Trinajstić information content (AvgIpc) is 3.05. The van der Waals surface area contributed by atoms with E-state index in [0.29, 0.717) is 11.3 Å². The predicted molar refractivity (Wildman–Crippen MR) is 104 cm³/mol. The molecule has 1 atom stereocenters. The molecule has 29 heavy (non-hydrogen) atoms. The number of amides is 1. The van der Waals surface area contributed by atoms with Gasteiger partial charge in [-0.05, 0) is 49.2 Å². The van der Waals surface area contributed by atoms with Gasteiger partial charge in [-0.15, -0.1) is 10.2 Å². The molecule has 0 unspecified atom stereocenters. The van der Waals surface area contributed by atoms with Gasteiger partial charge in [-0.1, -0.05) is 23.9 Å². The normalized spacial score (nSPS) is 12.6. The number of carbonyl (C=O) groups excluding carboxylic acids is 1. The molecular weight excluding hydrogens is 403 g/mol. The fraction of sp³-hybridized carbons (Fsp3) is 0.263. The number of anilines is 1. The number of rotatable bonds is 5. The zero-order valence-corrected chi connectivity index (χ0v) is 16.7. The van der Waals surface area contributed by atoms with Crippen LogP contribution in [0.5, 0.6) is 0 Å². The third kappa shape index (κ3) is 5.14. The Morgan fingerprint density at radius 3 is 2.66 bits per heavy atom.